The number of hydrogen-bond acceptors (Lipinski definition) is 15. The van der Waals surface area contributed by atoms with Gasteiger partial charge in [-0.2, -0.15) is 0 Å². The van der Waals surface area contributed by atoms with Gasteiger partial charge in [0.2, 0.25) is 5.89 Å². The number of carbonyl (C=O) groups excluding carboxylic acids is 1. The molecule has 4 fully saturated rings. The molecule has 5 aliphatic rings. The van der Waals surface area contributed by atoms with Crippen LogP contribution in [0, 0.1) is 11.8 Å². The molecule has 0 N–H and O–H groups in total. The van der Waals surface area contributed by atoms with Gasteiger partial charge in [-0.15, -0.1) is 0 Å². The average molecular weight is 1510 g/mol. The first-order valence-electron chi connectivity index (χ1n) is 37.2. The summed E-state index contributed by atoms with van der Waals surface area (Å²) in [7, 11) is -1.01. The Morgan fingerprint density at radius 2 is 1.34 bits per heavy atom. The van der Waals surface area contributed by atoms with Gasteiger partial charge < -0.3 is 55.6 Å². The Bertz CT molecular complexity index is 3870. The smallest absolute Gasteiger partial charge is 0.330 e. The number of halogens is 1. The van der Waals surface area contributed by atoms with E-state index in [0.717, 1.165) is 27.1 Å². The number of oxazole rings is 2. The summed E-state index contributed by atoms with van der Waals surface area (Å²) in [5.41, 5.74) is 4.29. The number of benzene rings is 4. The number of hydrogen-bond donors (Lipinski definition) is 0. The third-order valence-electron chi connectivity index (χ3n) is 21.7. The topological polar surface area (TPSA) is 161 Å². The van der Waals surface area contributed by atoms with E-state index in [1.54, 1.807) is 39.9 Å². The molecule has 18 heteroatoms. The van der Waals surface area contributed by atoms with Crippen molar-refractivity contribution in [2.24, 2.45) is 11.8 Å². The lowest BCUT2D eigenvalue weighted by atomic mass is 9.79. The summed E-state index contributed by atoms with van der Waals surface area (Å²) in [6, 6.07) is 42.9. The van der Waals surface area contributed by atoms with E-state index in [4.69, 9.17) is 65.5 Å². The van der Waals surface area contributed by atoms with E-state index >= 15 is 0 Å². The van der Waals surface area contributed by atoms with Crippen LogP contribution in [0.5, 0.6) is 0 Å². The van der Waals surface area contributed by atoms with Gasteiger partial charge in [-0.25, -0.2) is 14.8 Å². The second-order valence-corrected chi connectivity index (χ2v) is 40.2. The molecular weight excluding hydrogens is 1410 g/mol. The molecule has 556 valence electrons. The van der Waals surface area contributed by atoms with Crippen LogP contribution in [0.4, 0.5) is 0 Å². The van der Waals surface area contributed by atoms with Crippen molar-refractivity contribution in [3.8, 4) is 0 Å². The van der Waals surface area contributed by atoms with Crippen LogP contribution in [-0.4, -0.2) is 127 Å². The maximum atomic E-state index is 14.2. The molecule has 0 saturated carbocycles. The van der Waals surface area contributed by atoms with Gasteiger partial charge in [0.25, 0.3) is 16.6 Å². The summed E-state index contributed by atoms with van der Waals surface area (Å²) in [4.78, 5) is 26.2. The van der Waals surface area contributed by atoms with Gasteiger partial charge in [-0.1, -0.05) is 247 Å². The lowest BCUT2D eigenvalue weighted by molar-refractivity contribution is -0.297. The van der Waals surface area contributed by atoms with Crippen LogP contribution >= 0.6 is 15.9 Å². The fourth-order valence-electron chi connectivity index (χ4n) is 16.5. The van der Waals surface area contributed by atoms with Crippen LogP contribution in [0.3, 0.4) is 0 Å². The molecule has 2 aromatic heterocycles. The Morgan fingerprint density at radius 1 is 0.712 bits per heavy atom. The first kappa shape index (κ1) is 78.6. The number of fused-ring (bicyclic) bond motifs is 9. The SMILES string of the molecule is C=C1C[C@@H]2C[C@@H]3C[C@@H](O[Si](c4ccccc4)(c4ccccc4)C(C)(C)C)C[C@@H](O3)c3coc(n3)/C=C\C[C@H]3O[C@@H](/C(C)=C/c4coc(C[C@]5(OC)C[C@H](OC)C[C@H]([C@@H](/C=C(C)/C=C/[C@@H](C/C=C/Br)OC)O[Si](c6ccccc6)(c6ccccc6)C(C)(C)C)O5)n4)[C@H](C)[C@@H](OC(=O)/C=C\C[C@@H](C1)O2)[C@H]3C. The zero-order valence-electron chi connectivity index (χ0n) is 63.1. The molecule has 11 rings (SSSR count). The Hall–Kier alpha value is -6.50. The van der Waals surface area contributed by atoms with E-state index in [-0.39, 0.29) is 71.1 Å². The van der Waals surface area contributed by atoms with E-state index in [9.17, 15) is 4.79 Å². The molecule has 0 spiro atoms. The normalized spacial score (nSPS) is 28.5. The lowest BCUT2D eigenvalue weighted by Gasteiger charge is -2.49. The number of methoxy groups -OCH3 is 3. The Labute approximate surface area is 627 Å². The quantitative estimate of drug-likeness (QED) is 0.0289. The maximum Gasteiger partial charge on any atom is 0.330 e. The highest BCUT2D eigenvalue weighted by atomic mass is 79.9. The molecule has 5 aliphatic heterocycles. The number of nitrogens with zero attached hydrogens (tertiary/aromatic N) is 2. The second-order valence-electron chi connectivity index (χ2n) is 31.2. The predicted molar refractivity (Wildman–Crippen MR) is 419 cm³/mol. The van der Waals surface area contributed by atoms with Gasteiger partial charge in [0.1, 0.15) is 36.1 Å². The minimum Gasteiger partial charge on any atom is -0.458 e. The Kier molecular flexibility index (Phi) is 26.5. The lowest BCUT2D eigenvalue weighted by Crippen LogP contribution is -2.69. The van der Waals surface area contributed by atoms with Crippen molar-refractivity contribution < 1.29 is 60.4 Å². The van der Waals surface area contributed by atoms with Gasteiger partial charge in [-0.05, 0) is 106 Å². The van der Waals surface area contributed by atoms with Crippen molar-refractivity contribution in [1.29, 1.82) is 0 Å². The minimum atomic E-state index is -3.18. The van der Waals surface area contributed by atoms with Crippen molar-refractivity contribution in [1.82, 2.24) is 9.97 Å². The zero-order valence-corrected chi connectivity index (χ0v) is 66.7. The molecule has 8 bridgehead atoms. The number of ether oxygens (including phenoxy) is 8. The molecule has 0 radical (unpaired) electrons. The highest BCUT2D eigenvalue weighted by Gasteiger charge is 2.56. The van der Waals surface area contributed by atoms with Crippen molar-refractivity contribution in [2.75, 3.05) is 21.3 Å². The molecule has 15 nitrogen and oxygen atoms in total. The molecule has 0 unspecified atom stereocenters. The molecule has 0 amide bonds. The third kappa shape index (κ3) is 18.5. The average Bonchev–Trinajstić information content (AvgIpc) is 0.833. The van der Waals surface area contributed by atoms with Crippen LogP contribution in [0.25, 0.3) is 12.2 Å². The van der Waals surface area contributed by atoms with Crippen LogP contribution in [0.15, 0.2) is 214 Å². The monoisotopic (exact) mass is 1510 g/mol. The summed E-state index contributed by atoms with van der Waals surface area (Å²) in [5, 5.41) is 4.19. The largest absolute Gasteiger partial charge is 0.458 e. The number of esters is 1. The number of aromatic nitrogens is 2. The standard InChI is InChI=1S/C86H109BrN2O13Si2/c1-58(43-44-64(91-12)31-29-45-87)48-78(102-104(85(9,10)11,72-36-23-17-24-37-72)73-38-25-18-26-39-73)77-53-69(92-13)54-86(93-14,100-77)55-80-88-63(56-94-80)49-60(3)82-62(5)83-61(4)75(98-82)40-28-41-79-89-74(57-95-79)76-52-68(51-67(97-76)50-66-47-59(2)46-65(96-66)30-27-42-81(90)99-83)101-103(84(6,7)8,70-32-19-15-20-33-70)71-34-21-16-22-35-71/h15-29,32-39,41-45,48-49,56-57,61-62,64-69,75-78,82-83H,2,30-31,40,46-47,50-55H2,1,3-14H3/b41-28-,42-27-,44-43+,45-29+,58-48+,60-49+/t61-,62-,64+,65-,66+,67+,68+,69+,75+,76+,77+,78+,82-,83-,86-/m0/s1. The first-order chi connectivity index (χ1) is 49.9. The molecular formula is C86H109BrN2O13Si2. The van der Waals surface area contributed by atoms with Gasteiger partial charge in [-0.3, -0.25) is 0 Å². The van der Waals surface area contributed by atoms with Crippen molar-refractivity contribution in [2.45, 2.75) is 229 Å². The van der Waals surface area contributed by atoms with Crippen molar-refractivity contribution >= 4 is 71.4 Å². The van der Waals surface area contributed by atoms with Gasteiger partial charge in [0.15, 0.2) is 11.7 Å². The number of carbonyl (C=O) groups is 1. The van der Waals surface area contributed by atoms with Gasteiger partial charge in [0, 0.05) is 64.9 Å². The van der Waals surface area contributed by atoms with Gasteiger partial charge in [0.05, 0.1) is 67.5 Å². The maximum absolute atomic E-state index is 14.2. The third-order valence-corrected chi connectivity index (χ3v) is 32.2. The Balaban J connectivity index is 0.864. The van der Waals surface area contributed by atoms with Crippen LogP contribution in [0.2, 0.25) is 10.1 Å². The van der Waals surface area contributed by atoms with Crippen molar-refractivity contribution in [3.05, 3.63) is 228 Å². The zero-order chi connectivity index (χ0) is 73.8. The van der Waals surface area contributed by atoms with E-state index in [1.165, 1.54) is 10.4 Å². The molecule has 4 aromatic carbocycles. The van der Waals surface area contributed by atoms with E-state index in [0.29, 0.717) is 87.4 Å². The number of allylic oxidation sites excluding steroid dienone is 2. The summed E-state index contributed by atoms with van der Waals surface area (Å²) < 4.78 is 82.3. The van der Waals surface area contributed by atoms with Crippen LogP contribution in [0.1, 0.15) is 163 Å². The molecule has 104 heavy (non-hydrogen) atoms. The summed E-state index contributed by atoms with van der Waals surface area (Å²) in [6.45, 7) is 26.6. The van der Waals surface area contributed by atoms with E-state index < -0.39 is 58.9 Å². The molecule has 6 aromatic rings. The van der Waals surface area contributed by atoms with E-state index in [2.05, 4.69) is 224 Å². The van der Waals surface area contributed by atoms with Crippen LogP contribution in [-0.2, 0) is 58.0 Å². The molecule has 0 aliphatic carbocycles. The summed E-state index contributed by atoms with van der Waals surface area (Å²) in [6.07, 6.45) is 23.3. The molecule has 4 saturated heterocycles. The van der Waals surface area contributed by atoms with Crippen molar-refractivity contribution in [3.63, 3.8) is 0 Å². The fraction of sp³-hybridized carbons (Fsp3) is 0.477. The predicted octanol–water partition coefficient (Wildman–Crippen LogP) is 16.6. The Morgan fingerprint density at radius 3 is 1.94 bits per heavy atom. The second kappa shape index (κ2) is 35.0. The van der Waals surface area contributed by atoms with Crippen LogP contribution < -0.4 is 20.7 Å². The highest BCUT2D eigenvalue weighted by Crippen LogP contribution is 2.46. The minimum absolute atomic E-state index is 0.136. The molecule has 15 atom stereocenters. The summed E-state index contributed by atoms with van der Waals surface area (Å²) >= 11 is 3.42. The van der Waals surface area contributed by atoms with Gasteiger partial charge >= 0.3 is 5.97 Å². The first-order valence-corrected chi connectivity index (χ1v) is 41.9. The summed E-state index contributed by atoms with van der Waals surface area (Å²) in [5.74, 6) is -1.24. The number of rotatable bonds is 21. The van der Waals surface area contributed by atoms with E-state index in [1.807, 2.05) is 42.3 Å². The highest BCUT2D eigenvalue weighted by molar-refractivity contribution is 9.11. The fourth-order valence-corrected chi connectivity index (χ4v) is 26.1. The molecule has 7 heterocycles.